The normalized spacial score (nSPS) is 12.4. The van der Waals surface area contributed by atoms with Crippen LogP contribution in [-0.2, 0) is 20.0 Å². The third-order valence-corrected chi connectivity index (χ3v) is 3.46. The van der Waals surface area contributed by atoms with Gasteiger partial charge < -0.3 is 5.73 Å². The van der Waals surface area contributed by atoms with Crippen LogP contribution in [0.15, 0.2) is 6.20 Å². The average Bonchev–Trinajstić information content (AvgIpc) is 2.69. The van der Waals surface area contributed by atoms with Crippen LogP contribution in [0.5, 0.6) is 0 Å². The quantitative estimate of drug-likeness (QED) is 0.784. The molecule has 0 atom stereocenters. The van der Waals surface area contributed by atoms with Crippen LogP contribution < -0.4 is 5.73 Å². The zero-order valence-electron chi connectivity index (χ0n) is 13.2. The average molecular weight is 266 g/mol. The van der Waals surface area contributed by atoms with Crippen molar-refractivity contribution in [1.29, 1.82) is 0 Å². The van der Waals surface area contributed by atoms with Gasteiger partial charge in [-0.1, -0.05) is 27.7 Å². The van der Waals surface area contributed by atoms with Crippen LogP contribution in [0.25, 0.3) is 0 Å². The molecule has 0 saturated carbocycles. The summed E-state index contributed by atoms with van der Waals surface area (Å²) in [6, 6.07) is 0. The van der Waals surface area contributed by atoms with E-state index in [2.05, 4.69) is 43.9 Å². The van der Waals surface area contributed by atoms with E-state index in [0.29, 0.717) is 0 Å². The van der Waals surface area contributed by atoms with Crippen molar-refractivity contribution >= 4 is 0 Å². The minimum Gasteiger partial charge on any atom is -0.330 e. The molecule has 0 aliphatic carbocycles. The largest absolute Gasteiger partial charge is 0.330 e. The summed E-state index contributed by atoms with van der Waals surface area (Å²) >= 11 is 0. The van der Waals surface area contributed by atoms with Gasteiger partial charge in [0, 0.05) is 31.9 Å². The summed E-state index contributed by atoms with van der Waals surface area (Å²) in [6.45, 7) is 12.7. The van der Waals surface area contributed by atoms with Gasteiger partial charge in [0.05, 0.1) is 5.69 Å². The summed E-state index contributed by atoms with van der Waals surface area (Å²) < 4.78 is 1.92. The number of aromatic nitrogens is 2. The molecule has 0 fully saturated rings. The Morgan fingerprint density at radius 3 is 2.58 bits per heavy atom. The summed E-state index contributed by atoms with van der Waals surface area (Å²) in [5.74, 6) is 0. The molecule has 0 amide bonds. The summed E-state index contributed by atoms with van der Waals surface area (Å²) in [4.78, 5) is 2.50. The Kier molecular flexibility index (Phi) is 6.01. The lowest BCUT2D eigenvalue weighted by Crippen LogP contribution is -2.38. The predicted octanol–water partition coefficient (Wildman–Crippen LogP) is 2.18. The van der Waals surface area contributed by atoms with E-state index in [4.69, 9.17) is 5.73 Å². The first-order valence-corrected chi connectivity index (χ1v) is 7.35. The van der Waals surface area contributed by atoms with Gasteiger partial charge in [-0.15, -0.1) is 0 Å². The standard InChI is InChI=1S/C15H30N4/c1-6-8-19(12-15(3,4)11-16)10-13-9-18(5)17-14(13)7-2/h9H,6-8,10-12,16H2,1-5H3. The van der Waals surface area contributed by atoms with Gasteiger partial charge in [-0.25, -0.2) is 0 Å². The molecule has 0 aromatic carbocycles. The third kappa shape index (κ3) is 4.96. The molecule has 0 aliphatic heterocycles. The Morgan fingerprint density at radius 1 is 1.37 bits per heavy atom. The van der Waals surface area contributed by atoms with Crippen LogP contribution in [0.1, 0.15) is 45.4 Å². The van der Waals surface area contributed by atoms with Gasteiger partial charge in [0.2, 0.25) is 0 Å². The molecule has 19 heavy (non-hydrogen) atoms. The minimum absolute atomic E-state index is 0.170. The zero-order valence-corrected chi connectivity index (χ0v) is 13.2. The molecule has 4 heteroatoms. The van der Waals surface area contributed by atoms with E-state index in [1.54, 1.807) is 0 Å². The topological polar surface area (TPSA) is 47.1 Å². The van der Waals surface area contributed by atoms with Crippen molar-refractivity contribution in [2.45, 2.75) is 47.1 Å². The van der Waals surface area contributed by atoms with Gasteiger partial charge in [0.25, 0.3) is 0 Å². The first-order valence-electron chi connectivity index (χ1n) is 7.35. The number of aryl methyl sites for hydroxylation is 2. The van der Waals surface area contributed by atoms with Crippen molar-refractivity contribution in [3.63, 3.8) is 0 Å². The van der Waals surface area contributed by atoms with E-state index in [1.807, 2.05) is 11.7 Å². The van der Waals surface area contributed by atoms with E-state index >= 15 is 0 Å². The van der Waals surface area contributed by atoms with Crippen molar-refractivity contribution in [3.05, 3.63) is 17.5 Å². The van der Waals surface area contributed by atoms with Gasteiger partial charge in [0.15, 0.2) is 0 Å². The third-order valence-electron chi connectivity index (χ3n) is 3.46. The van der Waals surface area contributed by atoms with Gasteiger partial charge in [0.1, 0.15) is 0 Å². The number of nitrogens with two attached hydrogens (primary N) is 1. The van der Waals surface area contributed by atoms with Crippen LogP contribution in [0.3, 0.4) is 0 Å². The van der Waals surface area contributed by atoms with E-state index in [-0.39, 0.29) is 5.41 Å². The zero-order chi connectivity index (χ0) is 14.5. The molecule has 0 saturated heterocycles. The van der Waals surface area contributed by atoms with Crippen molar-refractivity contribution in [1.82, 2.24) is 14.7 Å². The van der Waals surface area contributed by atoms with Crippen LogP contribution >= 0.6 is 0 Å². The van der Waals surface area contributed by atoms with Crippen LogP contribution in [0.2, 0.25) is 0 Å². The van der Waals surface area contributed by atoms with Crippen molar-refractivity contribution in [2.24, 2.45) is 18.2 Å². The molecule has 4 nitrogen and oxygen atoms in total. The molecule has 0 spiro atoms. The molecule has 2 N–H and O–H groups in total. The fraction of sp³-hybridized carbons (Fsp3) is 0.800. The lowest BCUT2D eigenvalue weighted by atomic mass is 9.93. The van der Waals surface area contributed by atoms with Crippen molar-refractivity contribution in [3.8, 4) is 0 Å². The van der Waals surface area contributed by atoms with Crippen LogP contribution in [-0.4, -0.2) is 34.3 Å². The monoisotopic (exact) mass is 266 g/mol. The van der Waals surface area contributed by atoms with E-state index in [0.717, 1.165) is 32.6 Å². The molecule has 1 rings (SSSR count). The Hall–Kier alpha value is -0.870. The molecular weight excluding hydrogens is 236 g/mol. The van der Waals surface area contributed by atoms with Gasteiger partial charge in [-0.3, -0.25) is 9.58 Å². The molecule has 1 aromatic rings. The first kappa shape index (κ1) is 16.2. The number of hydrogen-bond acceptors (Lipinski definition) is 3. The predicted molar refractivity (Wildman–Crippen MR) is 81.0 cm³/mol. The highest BCUT2D eigenvalue weighted by molar-refractivity contribution is 5.16. The maximum Gasteiger partial charge on any atom is 0.0666 e. The van der Waals surface area contributed by atoms with E-state index < -0.39 is 0 Å². The number of rotatable bonds is 8. The second-order valence-corrected chi connectivity index (χ2v) is 6.21. The Bertz CT molecular complexity index is 381. The molecule has 1 aromatic heterocycles. The number of nitrogens with zero attached hydrogens (tertiary/aromatic N) is 3. The molecule has 0 aliphatic rings. The highest BCUT2D eigenvalue weighted by Crippen LogP contribution is 2.18. The first-order chi connectivity index (χ1) is 8.91. The van der Waals surface area contributed by atoms with Crippen LogP contribution in [0, 0.1) is 5.41 Å². The van der Waals surface area contributed by atoms with Crippen molar-refractivity contribution < 1.29 is 0 Å². The Labute approximate surface area is 118 Å². The SMILES string of the molecule is CCCN(Cc1cn(C)nc1CC)CC(C)(C)CN. The van der Waals surface area contributed by atoms with E-state index in [1.165, 1.54) is 17.7 Å². The van der Waals surface area contributed by atoms with Gasteiger partial charge in [-0.2, -0.15) is 5.10 Å². The number of hydrogen-bond donors (Lipinski definition) is 1. The molecule has 110 valence electrons. The second-order valence-electron chi connectivity index (χ2n) is 6.21. The molecule has 0 bridgehead atoms. The summed E-state index contributed by atoms with van der Waals surface area (Å²) in [7, 11) is 2.00. The fourth-order valence-electron chi connectivity index (χ4n) is 2.45. The van der Waals surface area contributed by atoms with Crippen molar-refractivity contribution in [2.75, 3.05) is 19.6 Å². The van der Waals surface area contributed by atoms with Gasteiger partial charge >= 0.3 is 0 Å². The fourth-order valence-corrected chi connectivity index (χ4v) is 2.45. The lowest BCUT2D eigenvalue weighted by molar-refractivity contribution is 0.175. The molecule has 1 heterocycles. The highest BCUT2D eigenvalue weighted by Gasteiger charge is 2.21. The maximum absolute atomic E-state index is 5.86. The molecule has 0 unspecified atom stereocenters. The highest BCUT2D eigenvalue weighted by atomic mass is 15.3. The smallest absolute Gasteiger partial charge is 0.0666 e. The van der Waals surface area contributed by atoms with E-state index in [9.17, 15) is 0 Å². The minimum atomic E-state index is 0.170. The molecule has 0 radical (unpaired) electrons. The lowest BCUT2D eigenvalue weighted by Gasteiger charge is -2.31. The maximum atomic E-state index is 5.86. The van der Waals surface area contributed by atoms with Crippen LogP contribution in [0.4, 0.5) is 0 Å². The Balaban J connectivity index is 2.77. The summed E-state index contributed by atoms with van der Waals surface area (Å²) in [6.07, 6.45) is 4.32. The summed E-state index contributed by atoms with van der Waals surface area (Å²) in [5.41, 5.74) is 8.60. The Morgan fingerprint density at radius 2 is 2.05 bits per heavy atom. The summed E-state index contributed by atoms with van der Waals surface area (Å²) in [5, 5.41) is 4.52. The van der Waals surface area contributed by atoms with Gasteiger partial charge in [-0.05, 0) is 31.3 Å². The molecular formula is C15H30N4. The second kappa shape index (κ2) is 7.06.